The van der Waals surface area contributed by atoms with Crippen molar-refractivity contribution in [3.05, 3.63) is 35.9 Å². The molecule has 1 aliphatic rings. The Morgan fingerprint density at radius 2 is 2.04 bits per heavy atom. The lowest BCUT2D eigenvalue weighted by Crippen LogP contribution is -2.36. The molecule has 2 aromatic carbocycles. The second-order valence-corrected chi connectivity index (χ2v) is 5.57. The van der Waals surface area contributed by atoms with E-state index in [9.17, 15) is 0 Å². The lowest BCUT2D eigenvalue weighted by Gasteiger charge is -2.30. The van der Waals surface area contributed by atoms with Gasteiger partial charge in [-0.2, -0.15) is 0 Å². The molecule has 1 aliphatic heterocycles. The Bertz CT molecular complexity index is 736. The first-order valence-corrected chi connectivity index (χ1v) is 7.74. The summed E-state index contributed by atoms with van der Waals surface area (Å²) >= 11 is 0. The molecule has 1 heterocycles. The van der Waals surface area contributed by atoms with E-state index < -0.39 is 0 Å². The molecule has 0 saturated carbocycles. The van der Waals surface area contributed by atoms with E-state index in [1.807, 2.05) is 24.3 Å². The third kappa shape index (κ3) is 3.19. The van der Waals surface area contributed by atoms with Crippen LogP contribution in [-0.4, -0.2) is 45.3 Å². The topological polar surface area (TPSA) is 69.4 Å². The molecule has 1 saturated heterocycles. The molecule has 23 heavy (non-hydrogen) atoms. The first kappa shape index (κ1) is 15.5. The van der Waals surface area contributed by atoms with Crippen LogP contribution in [0.5, 0.6) is 5.75 Å². The van der Waals surface area contributed by atoms with Gasteiger partial charge in [-0.1, -0.05) is 6.07 Å². The normalized spacial score (nSPS) is 14.7. The highest BCUT2D eigenvalue weighted by Gasteiger charge is 2.16. The van der Waals surface area contributed by atoms with Gasteiger partial charge in [-0.3, -0.25) is 0 Å². The number of fused-ring (bicyclic) bond motifs is 1. The van der Waals surface area contributed by atoms with E-state index in [4.69, 9.17) is 20.3 Å². The van der Waals surface area contributed by atoms with Crippen LogP contribution < -0.4 is 9.64 Å². The van der Waals surface area contributed by atoms with E-state index in [0.717, 1.165) is 40.9 Å². The van der Waals surface area contributed by atoms with Gasteiger partial charge < -0.3 is 25.2 Å². The Morgan fingerprint density at radius 3 is 2.74 bits per heavy atom. The first-order chi connectivity index (χ1) is 11.2. The van der Waals surface area contributed by atoms with Crippen LogP contribution in [-0.2, 0) is 4.74 Å². The average Bonchev–Trinajstić information content (AvgIpc) is 2.61. The van der Waals surface area contributed by atoms with Gasteiger partial charge in [0, 0.05) is 42.5 Å². The highest BCUT2D eigenvalue weighted by atomic mass is 16.5. The number of anilines is 1. The van der Waals surface area contributed by atoms with Gasteiger partial charge in [-0.15, -0.1) is 0 Å². The molecule has 120 valence electrons. The van der Waals surface area contributed by atoms with Crippen molar-refractivity contribution in [2.24, 2.45) is 0 Å². The number of nitrogens with one attached hydrogen (secondary N) is 2. The molecule has 2 aromatic rings. The third-order valence-corrected chi connectivity index (χ3v) is 4.15. The van der Waals surface area contributed by atoms with Crippen molar-refractivity contribution in [3.8, 4) is 5.75 Å². The quantitative estimate of drug-likeness (QED) is 0.834. The van der Waals surface area contributed by atoms with E-state index in [1.54, 1.807) is 7.11 Å². The van der Waals surface area contributed by atoms with Gasteiger partial charge in [0.25, 0.3) is 0 Å². The lowest BCUT2D eigenvalue weighted by atomic mass is 9.99. The second kappa shape index (κ2) is 6.79. The van der Waals surface area contributed by atoms with Crippen LogP contribution in [0.15, 0.2) is 30.3 Å². The molecular formula is C18H21N3O2. The van der Waals surface area contributed by atoms with Gasteiger partial charge in [-0.25, -0.2) is 0 Å². The van der Waals surface area contributed by atoms with E-state index in [-0.39, 0.29) is 0 Å². The summed E-state index contributed by atoms with van der Waals surface area (Å²) < 4.78 is 10.8. The van der Waals surface area contributed by atoms with Crippen LogP contribution in [0, 0.1) is 10.8 Å². The highest BCUT2D eigenvalue weighted by molar-refractivity contribution is 6.09. The Labute approximate surface area is 135 Å². The largest absolute Gasteiger partial charge is 0.497 e. The molecule has 0 atom stereocenters. The molecule has 0 unspecified atom stereocenters. The highest BCUT2D eigenvalue weighted by Crippen LogP contribution is 2.32. The fourth-order valence-corrected chi connectivity index (χ4v) is 2.90. The third-order valence-electron chi connectivity index (χ3n) is 4.15. The number of benzene rings is 2. The maximum atomic E-state index is 8.17. The summed E-state index contributed by atoms with van der Waals surface area (Å²) in [6, 6.07) is 10.1. The van der Waals surface area contributed by atoms with E-state index in [1.165, 1.54) is 6.21 Å². The minimum atomic E-state index is 0.351. The summed E-state index contributed by atoms with van der Waals surface area (Å²) in [6.45, 7) is 3.11. The second-order valence-electron chi connectivity index (χ2n) is 5.57. The van der Waals surface area contributed by atoms with Gasteiger partial charge in [0.1, 0.15) is 5.75 Å². The standard InChI is InChI=1S/C18H21N3O2/c1-22-15-3-2-13-10-14(17(20)4-5-19)11-18(16(13)12-15)21-6-8-23-9-7-21/h2-3,5,10-12,19-20H,4,6-9H2,1H3. The number of nitrogens with zero attached hydrogens (tertiary/aromatic N) is 1. The molecule has 5 heteroatoms. The molecule has 0 spiro atoms. The zero-order valence-corrected chi connectivity index (χ0v) is 13.3. The minimum absolute atomic E-state index is 0.351. The first-order valence-electron chi connectivity index (χ1n) is 7.74. The number of ether oxygens (including phenoxy) is 2. The number of methoxy groups -OCH3 is 1. The summed E-state index contributed by atoms with van der Waals surface area (Å²) in [5.41, 5.74) is 2.44. The maximum Gasteiger partial charge on any atom is 0.119 e. The zero-order valence-electron chi connectivity index (χ0n) is 13.3. The summed E-state index contributed by atoms with van der Waals surface area (Å²) in [5.74, 6) is 0.828. The van der Waals surface area contributed by atoms with Gasteiger partial charge >= 0.3 is 0 Å². The molecular weight excluding hydrogens is 290 g/mol. The smallest absolute Gasteiger partial charge is 0.119 e. The van der Waals surface area contributed by atoms with Crippen LogP contribution >= 0.6 is 0 Å². The fraction of sp³-hybridized carbons (Fsp3) is 0.333. The van der Waals surface area contributed by atoms with E-state index >= 15 is 0 Å². The van der Waals surface area contributed by atoms with Gasteiger partial charge in [0.05, 0.1) is 20.3 Å². The lowest BCUT2D eigenvalue weighted by molar-refractivity contribution is 0.123. The number of hydrogen-bond acceptors (Lipinski definition) is 5. The monoisotopic (exact) mass is 311 g/mol. The van der Waals surface area contributed by atoms with Crippen molar-refractivity contribution in [3.63, 3.8) is 0 Å². The van der Waals surface area contributed by atoms with E-state index in [0.29, 0.717) is 25.3 Å². The molecule has 5 nitrogen and oxygen atoms in total. The Morgan fingerprint density at radius 1 is 1.26 bits per heavy atom. The summed E-state index contributed by atoms with van der Waals surface area (Å²) in [6.07, 6.45) is 1.62. The summed E-state index contributed by atoms with van der Waals surface area (Å²) in [5, 5.41) is 17.6. The van der Waals surface area contributed by atoms with E-state index in [2.05, 4.69) is 11.0 Å². The molecule has 0 radical (unpaired) electrons. The van der Waals surface area contributed by atoms with Gasteiger partial charge in [-0.05, 0) is 35.2 Å². The Hall–Kier alpha value is -2.40. The van der Waals surface area contributed by atoms with Gasteiger partial charge in [0.15, 0.2) is 0 Å². The summed E-state index contributed by atoms with van der Waals surface area (Å²) in [4.78, 5) is 2.30. The maximum absolute atomic E-state index is 8.17. The molecule has 3 rings (SSSR count). The Balaban J connectivity index is 2.14. The predicted octanol–water partition coefficient (Wildman–Crippen LogP) is 3.09. The molecule has 0 bridgehead atoms. The Kier molecular flexibility index (Phi) is 4.57. The molecule has 0 aromatic heterocycles. The van der Waals surface area contributed by atoms with Crippen molar-refractivity contribution in [2.75, 3.05) is 38.3 Å². The van der Waals surface area contributed by atoms with Crippen LogP contribution in [0.4, 0.5) is 5.69 Å². The van der Waals surface area contributed by atoms with Crippen LogP contribution in [0.25, 0.3) is 10.8 Å². The summed E-state index contributed by atoms with van der Waals surface area (Å²) in [7, 11) is 1.67. The SMILES string of the molecule is COc1ccc2cc(C(=N)CC=N)cc(N3CCOCC3)c2c1. The van der Waals surface area contributed by atoms with Crippen molar-refractivity contribution in [1.82, 2.24) is 0 Å². The van der Waals surface area contributed by atoms with Crippen molar-refractivity contribution >= 4 is 28.4 Å². The molecule has 1 fully saturated rings. The zero-order chi connectivity index (χ0) is 16.2. The number of hydrogen-bond donors (Lipinski definition) is 2. The predicted molar refractivity (Wildman–Crippen MR) is 93.8 cm³/mol. The fourth-order valence-electron chi connectivity index (χ4n) is 2.90. The number of rotatable bonds is 5. The van der Waals surface area contributed by atoms with Crippen molar-refractivity contribution in [2.45, 2.75) is 6.42 Å². The molecule has 0 aliphatic carbocycles. The van der Waals surface area contributed by atoms with Gasteiger partial charge in [0.2, 0.25) is 0 Å². The van der Waals surface area contributed by atoms with Crippen LogP contribution in [0.1, 0.15) is 12.0 Å². The number of morpholine rings is 1. The van der Waals surface area contributed by atoms with Crippen molar-refractivity contribution in [1.29, 1.82) is 10.8 Å². The average molecular weight is 311 g/mol. The molecule has 2 N–H and O–H groups in total. The van der Waals surface area contributed by atoms with Crippen molar-refractivity contribution < 1.29 is 9.47 Å². The van der Waals surface area contributed by atoms with Crippen LogP contribution in [0.3, 0.4) is 0 Å². The van der Waals surface area contributed by atoms with Crippen LogP contribution in [0.2, 0.25) is 0 Å². The minimum Gasteiger partial charge on any atom is -0.497 e. The molecule has 0 amide bonds.